The molecule has 1 saturated heterocycles. The van der Waals surface area contributed by atoms with Gasteiger partial charge in [0.25, 0.3) is 0 Å². The van der Waals surface area contributed by atoms with Crippen molar-refractivity contribution in [1.29, 1.82) is 0 Å². The van der Waals surface area contributed by atoms with Crippen LogP contribution in [0, 0.1) is 11.7 Å². The molecule has 3 N–H and O–H groups in total. The number of carboxylic acids is 1. The minimum Gasteiger partial charge on any atom is -0.478 e. The fourth-order valence-electron chi connectivity index (χ4n) is 2.28. The number of nitrogens with one attached hydrogen (secondary N) is 2. The van der Waals surface area contributed by atoms with Crippen LogP contribution in [0.4, 0.5) is 14.9 Å². The molecule has 2 amide bonds. The summed E-state index contributed by atoms with van der Waals surface area (Å²) in [6.45, 7) is 3.03. The summed E-state index contributed by atoms with van der Waals surface area (Å²) in [5.74, 6) is -2.10. The van der Waals surface area contributed by atoms with Crippen molar-refractivity contribution in [3.8, 4) is 0 Å². The minimum absolute atomic E-state index is 0.0734. The summed E-state index contributed by atoms with van der Waals surface area (Å²) in [5.41, 5.74) is -0.624. The number of aromatic carboxylic acids is 1. The summed E-state index contributed by atoms with van der Waals surface area (Å²) in [6, 6.07) is 3.14. The molecular formula is C14H17FN2O4. The molecule has 21 heavy (non-hydrogen) atoms. The fourth-order valence-corrected chi connectivity index (χ4v) is 2.28. The van der Waals surface area contributed by atoms with Crippen molar-refractivity contribution in [3.05, 3.63) is 29.6 Å². The van der Waals surface area contributed by atoms with Crippen molar-refractivity contribution >= 4 is 17.7 Å². The van der Waals surface area contributed by atoms with Crippen LogP contribution in [0.2, 0.25) is 0 Å². The van der Waals surface area contributed by atoms with Gasteiger partial charge in [0, 0.05) is 19.1 Å². The molecule has 2 atom stereocenters. The van der Waals surface area contributed by atoms with Gasteiger partial charge in [-0.3, -0.25) is 0 Å². The van der Waals surface area contributed by atoms with E-state index >= 15 is 0 Å². The number of halogens is 1. The highest BCUT2D eigenvalue weighted by molar-refractivity contribution is 6.00. The summed E-state index contributed by atoms with van der Waals surface area (Å²) in [5, 5.41) is 14.0. The maximum atomic E-state index is 13.5. The Morgan fingerprint density at radius 3 is 2.86 bits per heavy atom. The highest BCUT2D eigenvalue weighted by Crippen LogP contribution is 2.20. The van der Waals surface area contributed by atoms with Gasteiger partial charge in [0.2, 0.25) is 0 Å². The van der Waals surface area contributed by atoms with Crippen molar-refractivity contribution in [2.45, 2.75) is 19.4 Å². The van der Waals surface area contributed by atoms with Crippen LogP contribution in [0.15, 0.2) is 18.2 Å². The third kappa shape index (κ3) is 3.69. The highest BCUT2D eigenvalue weighted by atomic mass is 19.1. The quantitative estimate of drug-likeness (QED) is 0.793. The molecule has 2 rings (SSSR count). The predicted molar refractivity (Wildman–Crippen MR) is 73.9 cm³/mol. The van der Waals surface area contributed by atoms with Gasteiger partial charge in [-0.25, -0.2) is 14.0 Å². The van der Waals surface area contributed by atoms with E-state index in [0.717, 1.165) is 12.5 Å². The molecule has 0 aromatic heterocycles. The molecule has 114 valence electrons. The van der Waals surface area contributed by atoms with Crippen molar-refractivity contribution < 1.29 is 23.8 Å². The second kappa shape index (κ2) is 6.53. The first-order chi connectivity index (χ1) is 9.99. The first-order valence-corrected chi connectivity index (χ1v) is 6.67. The van der Waals surface area contributed by atoms with Gasteiger partial charge in [0.05, 0.1) is 11.8 Å². The molecule has 0 radical (unpaired) electrons. The molecule has 0 bridgehead atoms. The number of rotatable bonds is 4. The smallest absolute Gasteiger partial charge is 0.340 e. The van der Waals surface area contributed by atoms with Crippen LogP contribution in [0.25, 0.3) is 0 Å². The topological polar surface area (TPSA) is 87.7 Å². The Labute approximate surface area is 121 Å². The first-order valence-electron chi connectivity index (χ1n) is 6.67. The average Bonchev–Trinajstić information content (AvgIpc) is 2.81. The second-order valence-electron chi connectivity index (χ2n) is 4.93. The maximum Gasteiger partial charge on any atom is 0.340 e. The molecule has 2 unspecified atom stereocenters. The molecule has 0 saturated carbocycles. The number of carboxylic acid groups (broad SMARTS) is 1. The normalized spacial score (nSPS) is 21.0. The third-order valence-electron chi connectivity index (χ3n) is 3.53. The van der Waals surface area contributed by atoms with E-state index in [1.165, 1.54) is 12.1 Å². The van der Waals surface area contributed by atoms with Crippen LogP contribution < -0.4 is 10.6 Å². The number of carbonyl (C=O) groups is 2. The summed E-state index contributed by atoms with van der Waals surface area (Å²) in [7, 11) is 0. The lowest BCUT2D eigenvalue weighted by atomic mass is 10.0. The van der Waals surface area contributed by atoms with Crippen molar-refractivity contribution in [3.63, 3.8) is 0 Å². The van der Waals surface area contributed by atoms with Crippen LogP contribution in [0.3, 0.4) is 0 Å². The molecule has 1 heterocycles. The van der Waals surface area contributed by atoms with Crippen molar-refractivity contribution in [2.75, 3.05) is 18.5 Å². The van der Waals surface area contributed by atoms with E-state index in [2.05, 4.69) is 10.6 Å². The van der Waals surface area contributed by atoms with Crippen molar-refractivity contribution in [1.82, 2.24) is 5.32 Å². The van der Waals surface area contributed by atoms with Gasteiger partial charge >= 0.3 is 12.0 Å². The van der Waals surface area contributed by atoms with Gasteiger partial charge in [-0.2, -0.15) is 0 Å². The van der Waals surface area contributed by atoms with E-state index < -0.39 is 23.4 Å². The van der Waals surface area contributed by atoms with Gasteiger partial charge in [0.15, 0.2) is 0 Å². The molecule has 0 aliphatic carbocycles. The largest absolute Gasteiger partial charge is 0.478 e. The predicted octanol–water partition coefficient (Wildman–Crippen LogP) is 2.07. The van der Waals surface area contributed by atoms with E-state index in [9.17, 15) is 14.0 Å². The monoisotopic (exact) mass is 296 g/mol. The lowest BCUT2D eigenvalue weighted by Gasteiger charge is -2.15. The molecule has 1 aliphatic rings. The molecule has 1 aromatic rings. The number of anilines is 1. The molecule has 0 spiro atoms. The Morgan fingerprint density at radius 1 is 1.48 bits per heavy atom. The van der Waals surface area contributed by atoms with E-state index in [1.54, 1.807) is 0 Å². The summed E-state index contributed by atoms with van der Waals surface area (Å²) in [6.07, 6.45) is 0.941. The van der Waals surface area contributed by atoms with Crippen LogP contribution in [0.5, 0.6) is 0 Å². The van der Waals surface area contributed by atoms with E-state index in [4.69, 9.17) is 9.84 Å². The van der Waals surface area contributed by atoms with Crippen LogP contribution >= 0.6 is 0 Å². The number of hydrogen-bond donors (Lipinski definition) is 3. The number of amides is 2. The van der Waals surface area contributed by atoms with Gasteiger partial charge < -0.3 is 20.5 Å². The lowest BCUT2D eigenvalue weighted by molar-refractivity contribution is 0.0693. The lowest BCUT2D eigenvalue weighted by Crippen LogP contribution is -2.35. The Kier molecular flexibility index (Phi) is 4.74. The summed E-state index contributed by atoms with van der Waals surface area (Å²) >= 11 is 0. The minimum atomic E-state index is -1.43. The number of benzene rings is 1. The van der Waals surface area contributed by atoms with Gasteiger partial charge in [0.1, 0.15) is 11.4 Å². The van der Waals surface area contributed by atoms with Crippen LogP contribution in [-0.2, 0) is 4.74 Å². The van der Waals surface area contributed by atoms with E-state index in [1.807, 2.05) is 6.92 Å². The van der Waals surface area contributed by atoms with Gasteiger partial charge in [-0.15, -0.1) is 0 Å². The zero-order valence-corrected chi connectivity index (χ0v) is 11.6. The van der Waals surface area contributed by atoms with E-state index in [0.29, 0.717) is 13.2 Å². The van der Waals surface area contributed by atoms with Gasteiger partial charge in [-0.05, 0) is 25.5 Å². The van der Waals surface area contributed by atoms with E-state index in [-0.39, 0.29) is 17.7 Å². The van der Waals surface area contributed by atoms with Crippen LogP contribution in [-0.4, -0.2) is 36.4 Å². The molecule has 1 aromatic carbocycles. The Balaban J connectivity index is 1.97. The zero-order chi connectivity index (χ0) is 15.4. The molecule has 6 nitrogen and oxygen atoms in total. The molecule has 1 fully saturated rings. The van der Waals surface area contributed by atoms with Crippen LogP contribution in [0.1, 0.15) is 23.7 Å². The Morgan fingerprint density at radius 2 is 2.24 bits per heavy atom. The number of carbonyl (C=O) groups excluding carboxylic acids is 1. The molecule has 7 heteroatoms. The standard InChI is InChI=1S/C14H17FN2O4/c1-8-9(5-6-21-8)7-16-14(20)17-11-4-2-3-10(15)12(11)13(18)19/h2-4,8-9H,5-7H2,1H3,(H,18,19)(H2,16,17,20). The number of hydrogen-bond acceptors (Lipinski definition) is 3. The zero-order valence-electron chi connectivity index (χ0n) is 11.6. The average molecular weight is 296 g/mol. The summed E-state index contributed by atoms with van der Waals surface area (Å²) in [4.78, 5) is 22.8. The highest BCUT2D eigenvalue weighted by Gasteiger charge is 2.24. The SMILES string of the molecule is CC1OCCC1CNC(=O)Nc1cccc(F)c1C(=O)O. The van der Waals surface area contributed by atoms with Crippen molar-refractivity contribution in [2.24, 2.45) is 5.92 Å². The number of ether oxygens (including phenoxy) is 1. The second-order valence-corrected chi connectivity index (χ2v) is 4.93. The third-order valence-corrected chi connectivity index (χ3v) is 3.53. The van der Waals surface area contributed by atoms with Gasteiger partial charge in [-0.1, -0.05) is 6.07 Å². The molecule has 1 aliphatic heterocycles. The number of urea groups is 1. The molecular weight excluding hydrogens is 279 g/mol. The maximum absolute atomic E-state index is 13.5. The Hall–Kier alpha value is -2.15. The Bertz CT molecular complexity index is 550. The first kappa shape index (κ1) is 15.2. The summed E-state index contributed by atoms with van der Waals surface area (Å²) < 4.78 is 18.8. The fraction of sp³-hybridized carbons (Fsp3) is 0.429.